The Kier molecular flexibility index (Phi) is 4.77. The normalized spacial score (nSPS) is 19.1. The van der Waals surface area contributed by atoms with E-state index in [1.165, 1.54) is 0 Å². The molecule has 1 saturated carbocycles. The number of nitrogens with zero attached hydrogens (tertiary/aromatic N) is 4. The molecule has 4 heterocycles. The number of hydrogen-bond donors (Lipinski definition) is 1. The largest absolute Gasteiger partial charge is 0.465 e. The highest BCUT2D eigenvalue weighted by Crippen LogP contribution is 2.42. The Balaban J connectivity index is 1.28. The van der Waals surface area contributed by atoms with E-state index in [1.54, 1.807) is 18.5 Å². The van der Waals surface area contributed by atoms with Crippen molar-refractivity contribution in [1.29, 1.82) is 0 Å². The second kappa shape index (κ2) is 7.59. The van der Waals surface area contributed by atoms with Crippen LogP contribution in [0.25, 0.3) is 11.3 Å². The summed E-state index contributed by atoms with van der Waals surface area (Å²) in [5, 5.41) is 6.95. The highest BCUT2D eigenvalue weighted by atomic mass is 16.5. The van der Waals surface area contributed by atoms with E-state index in [9.17, 15) is 4.79 Å². The second-order valence-electron chi connectivity index (χ2n) is 8.21. The molecule has 3 aromatic rings. The zero-order valence-electron chi connectivity index (χ0n) is 17.2. The number of piperidine rings is 1. The summed E-state index contributed by atoms with van der Waals surface area (Å²) in [6, 6.07) is 3.70. The molecule has 2 aliphatic rings. The van der Waals surface area contributed by atoms with E-state index in [2.05, 4.69) is 25.3 Å². The molecule has 3 aromatic heterocycles. The van der Waals surface area contributed by atoms with Crippen molar-refractivity contribution in [2.24, 2.45) is 0 Å². The van der Waals surface area contributed by atoms with Crippen LogP contribution in [0.5, 0.6) is 0 Å². The van der Waals surface area contributed by atoms with Gasteiger partial charge in [-0.3, -0.25) is 4.79 Å². The van der Waals surface area contributed by atoms with E-state index in [0.29, 0.717) is 29.7 Å². The monoisotopic (exact) mass is 407 g/mol. The van der Waals surface area contributed by atoms with Crippen LogP contribution in [0.4, 0.5) is 5.95 Å². The molecule has 1 aliphatic carbocycles. The lowest BCUT2D eigenvalue weighted by Gasteiger charge is -2.33. The average molecular weight is 407 g/mol. The van der Waals surface area contributed by atoms with Crippen LogP contribution >= 0.6 is 0 Å². The third kappa shape index (κ3) is 3.69. The molecule has 8 heteroatoms. The average Bonchev–Trinajstić information content (AvgIpc) is 3.28. The maximum Gasteiger partial charge on any atom is 0.255 e. The van der Waals surface area contributed by atoms with Crippen molar-refractivity contribution in [3.8, 4) is 11.3 Å². The first kappa shape index (κ1) is 18.8. The lowest BCUT2D eigenvalue weighted by atomic mass is 10.0. The van der Waals surface area contributed by atoms with Crippen molar-refractivity contribution in [2.75, 3.05) is 18.0 Å². The van der Waals surface area contributed by atoms with E-state index in [0.717, 1.165) is 55.0 Å². The van der Waals surface area contributed by atoms with Crippen LogP contribution in [-0.4, -0.2) is 40.2 Å². The Morgan fingerprint density at radius 1 is 1.27 bits per heavy atom. The number of hydrogen-bond acceptors (Lipinski definition) is 7. The predicted molar refractivity (Wildman–Crippen MR) is 110 cm³/mol. The summed E-state index contributed by atoms with van der Waals surface area (Å²) in [6.07, 6.45) is 7.49. The van der Waals surface area contributed by atoms with Crippen LogP contribution in [0, 0.1) is 13.8 Å². The van der Waals surface area contributed by atoms with Gasteiger partial charge >= 0.3 is 0 Å². The molecule has 0 aromatic carbocycles. The summed E-state index contributed by atoms with van der Waals surface area (Å²) < 4.78 is 11.0. The van der Waals surface area contributed by atoms with E-state index in [-0.39, 0.29) is 11.9 Å². The van der Waals surface area contributed by atoms with Gasteiger partial charge in [-0.2, -0.15) is 0 Å². The zero-order chi connectivity index (χ0) is 20.7. The van der Waals surface area contributed by atoms with Gasteiger partial charge in [0.15, 0.2) is 5.76 Å². The van der Waals surface area contributed by atoms with Gasteiger partial charge in [-0.15, -0.1) is 0 Å². The van der Waals surface area contributed by atoms with E-state index < -0.39 is 0 Å². The first-order valence-corrected chi connectivity index (χ1v) is 10.5. The van der Waals surface area contributed by atoms with Crippen LogP contribution in [0.2, 0.25) is 0 Å². The Morgan fingerprint density at radius 3 is 2.87 bits per heavy atom. The van der Waals surface area contributed by atoms with Gasteiger partial charge in [0.1, 0.15) is 11.5 Å². The van der Waals surface area contributed by atoms with Crippen LogP contribution in [0.3, 0.4) is 0 Å². The fourth-order valence-electron chi connectivity index (χ4n) is 4.10. The number of nitrogens with one attached hydrogen (secondary N) is 1. The number of aryl methyl sites for hydroxylation is 2. The van der Waals surface area contributed by atoms with Gasteiger partial charge in [0.25, 0.3) is 5.91 Å². The van der Waals surface area contributed by atoms with Gasteiger partial charge in [-0.05, 0) is 45.6 Å². The molecule has 0 radical (unpaired) electrons. The summed E-state index contributed by atoms with van der Waals surface area (Å²) in [5.74, 6) is 3.33. The van der Waals surface area contributed by atoms with Crippen molar-refractivity contribution in [2.45, 2.75) is 51.5 Å². The molecule has 2 fully saturated rings. The fraction of sp³-hybridized carbons (Fsp3) is 0.455. The SMILES string of the molecule is Cc1cc(C(=O)N[C@@H]2CCCN(c3ncc(-c4ccno4)c(C)n3)C2)c(C2CC2)o1. The van der Waals surface area contributed by atoms with E-state index in [4.69, 9.17) is 8.94 Å². The minimum absolute atomic E-state index is 0.0432. The molecule has 8 nitrogen and oxygen atoms in total. The van der Waals surface area contributed by atoms with Gasteiger partial charge in [-0.1, -0.05) is 5.16 Å². The number of rotatable bonds is 5. The Bertz CT molecular complexity index is 1050. The Labute approximate surface area is 174 Å². The topological polar surface area (TPSA) is 97.3 Å². The third-order valence-corrected chi connectivity index (χ3v) is 5.79. The highest BCUT2D eigenvalue weighted by Gasteiger charge is 2.33. The Hall–Kier alpha value is -3.16. The van der Waals surface area contributed by atoms with Gasteiger partial charge in [0.05, 0.1) is 23.0 Å². The predicted octanol–water partition coefficient (Wildman–Crippen LogP) is 3.62. The van der Waals surface area contributed by atoms with E-state index >= 15 is 0 Å². The number of aromatic nitrogens is 3. The first-order valence-electron chi connectivity index (χ1n) is 10.5. The van der Waals surface area contributed by atoms with Crippen molar-refractivity contribution in [1.82, 2.24) is 20.4 Å². The number of carbonyl (C=O) groups excluding carboxylic acids is 1. The van der Waals surface area contributed by atoms with Gasteiger partial charge in [0.2, 0.25) is 5.95 Å². The van der Waals surface area contributed by atoms with E-state index in [1.807, 2.05) is 19.9 Å². The Morgan fingerprint density at radius 2 is 2.13 bits per heavy atom. The lowest BCUT2D eigenvalue weighted by molar-refractivity contribution is 0.0931. The minimum Gasteiger partial charge on any atom is -0.465 e. The van der Waals surface area contributed by atoms with Crippen LogP contribution in [0.1, 0.15) is 59.2 Å². The van der Waals surface area contributed by atoms with Crippen molar-refractivity contribution < 1.29 is 13.7 Å². The molecule has 0 spiro atoms. The molecule has 0 unspecified atom stereocenters. The molecule has 1 atom stereocenters. The summed E-state index contributed by atoms with van der Waals surface area (Å²) >= 11 is 0. The molecule has 30 heavy (non-hydrogen) atoms. The molecule has 1 N–H and O–H groups in total. The maximum absolute atomic E-state index is 12.9. The quantitative estimate of drug-likeness (QED) is 0.690. The maximum atomic E-state index is 12.9. The van der Waals surface area contributed by atoms with Crippen molar-refractivity contribution in [3.63, 3.8) is 0 Å². The second-order valence-corrected chi connectivity index (χ2v) is 8.21. The van der Waals surface area contributed by atoms with Crippen LogP contribution in [-0.2, 0) is 0 Å². The highest BCUT2D eigenvalue weighted by molar-refractivity contribution is 5.95. The van der Waals surface area contributed by atoms with Crippen LogP contribution in [0.15, 0.2) is 33.5 Å². The molecule has 1 saturated heterocycles. The standard InChI is InChI=1S/C22H25N5O3/c1-13-10-17(20(29-13)15-5-6-15)21(28)26-16-4-3-9-27(12-16)22-23-11-18(14(2)25-22)19-7-8-24-30-19/h7-8,10-11,15-16H,3-6,9,12H2,1-2H3,(H,26,28)/t16-/m1/s1. The third-order valence-electron chi connectivity index (χ3n) is 5.79. The fourth-order valence-corrected chi connectivity index (χ4v) is 4.10. The number of amides is 1. The summed E-state index contributed by atoms with van der Waals surface area (Å²) in [4.78, 5) is 24.3. The molecule has 156 valence electrons. The number of furan rings is 1. The number of anilines is 1. The number of carbonyl (C=O) groups is 1. The molecule has 0 bridgehead atoms. The molecule has 1 amide bonds. The van der Waals surface area contributed by atoms with Crippen molar-refractivity contribution >= 4 is 11.9 Å². The summed E-state index contributed by atoms with van der Waals surface area (Å²) in [5.41, 5.74) is 2.36. The molecule has 1 aliphatic heterocycles. The van der Waals surface area contributed by atoms with Crippen LogP contribution < -0.4 is 10.2 Å². The first-order chi connectivity index (χ1) is 14.6. The zero-order valence-corrected chi connectivity index (χ0v) is 17.2. The summed E-state index contributed by atoms with van der Waals surface area (Å²) in [6.45, 7) is 5.38. The van der Waals surface area contributed by atoms with Crippen molar-refractivity contribution in [3.05, 3.63) is 47.3 Å². The van der Waals surface area contributed by atoms with Gasteiger partial charge in [-0.25, -0.2) is 9.97 Å². The van der Waals surface area contributed by atoms with Gasteiger partial charge < -0.3 is 19.2 Å². The minimum atomic E-state index is -0.0432. The molecular weight excluding hydrogens is 382 g/mol. The molecule has 5 rings (SSSR count). The smallest absolute Gasteiger partial charge is 0.255 e. The van der Waals surface area contributed by atoms with Gasteiger partial charge in [0, 0.05) is 37.3 Å². The molecular formula is C22H25N5O3. The lowest BCUT2D eigenvalue weighted by Crippen LogP contribution is -2.48. The summed E-state index contributed by atoms with van der Waals surface area (Å²) in [7, 11) is 0.